The molecule has 0 aromatic carbocycles. The van der Waals surface area contributed by atoms with Crippen molar-refractivity contribution in [3.05, 3.63) is 0 Å². The molecule has 3 nitrogen and oxygen atoms in total. The first-order valence-corrected chi connectivity index (χ1v) is 7.72. The van der Waals surface area contributed by atoms with Crippen molar-refractivity contribution in [2.45, 2.75) is 51.5 Å². The molecular formula is C15H30N2O. The Bertz CT molecular complexity index is 233. The van der Waals surface area contributed by atoms with E-state index in [1.54, 1.807) is 0 Å². The van der Waals surface area contributed by atoms with E-state index in [0.29, 0.717) is 5.41 Å². The Hall–Kier alpha value is -0.120. The summed E-state index contributed by atoms with van der Waals surface area (Å²) in [6.45, 7) is 8.01. The van der Waals surface area contributed by atoms with E-state index in [1.165, 1.54) is 51.6 Å². The first-order chi connectivity index (χ1) is 8.76. The number of hydrogen-bond acceptors (Lipinski definition) is 3. The van der Waals surface area contributed by atoms with Gasteiger partial charge in [-0.1, -0.05) is 12.8 Å². The lowest BCUT2D eigenvalue weighted by Crippen LogP contribution is -2.49. The first-order valence-electron chi connectivity index (χ1n) is 7.72. The van der Waals surface area contributed by atoms with E-state index in [-0.39, 0.29) is 0 Å². The Labute approximate surface area is 112 Å². The normalized spacial score (nSPS) is 30.0. The van der Waals surface area contributed by atoms with Crippen molar-refractivity contribution in [1.29, 1.82) is 0 Å². The third-order valence-electron chi connectivity index (χ3n) is 4.83. The van der Waals surface area contributed by atoms with Crippen LogP contribution in [0.4, 0.5) is 0 Å². The molecule has 2 aliphatic heterocycles. The molecule has 1 unspecified atom stereocenters. The molecule has 0 bridgehead atoms. The van der Waals surface area contributed by atoms with Crippen molar-refractivity contribution < 1.29 is 4.74 Å². The maximum atomic E-state index is 5.57. The zero-order valence-electron chi connectivity index (χ0n) is 12.2. The van der Waals surface area contributed by atoms with E-state index >= 15 is 0 Å². The molecule has 0 amide bonds. The highest BCUT2D eigenvalue weighted by atomic mass is 16.5. The molecule has 2 heterocycles. The van der Waals surface area contributed by atoms with Gasteiger partial charge < -0.3 is 15.0 Å². The van der Waals surface area contributed by atoms with Crippen LogP contribution in [0.25, 0.3) is 0 Å². The van der Waals surface area contributed by atoms with Gasteiger partial charge in [-0.3, -0.25) is 0 Å². The van der Waals surface area contributed by atoms with Crippen molar-refractivity contribution >= 4 is 0 Å². The number of hydrogen-bond donors (Lipinski definition) is 1. The van der Waals surface area contributed by atoms with Gasteiger partial charge in [0.15, 0.2) is 0 Å². The Morgan fingerprint density at radius 3 is 2.72 bits per heavy atom. The summed E-state index contributed by atoms with van der Waals surface area (Å²) < 4.78 is 5.57. The molecule has 2 rings (SSSR count). The van der Waals surface area contributed by atoms with Crippen molar-refractivity contribution in [2.24, 2.45) is 5.41 Å². The maximum absolute atomic E-state index is 5.57. The fraction of sp³-hybridized carbons (Fsp3) is 1.00. The van der Waals surface area contributed by atoms with Crippen LogP contribution in [-0.4, -0.2) is 50.8 Å². The summed E-state index contributed by atoms with van der Waals surface area (Å²) in [6.07, 6.45) is 8.04. The van der Waals surface area contributed by atoms with Crippen molar-refractivity contribution in [3.8, 4) is 0 Å². The smallest absolute Gasteiger partial charge is 0.0472 e. The zero-order chi connectivity index (χ0) is 12.8. The van der Waals surface area contributed by atoms with Crippen LogP contribution in [0.3, 0.4) is 0 Å². The van der Waals surface area contributed by atoms with Gasteiger partial charge in [0, 0.05) is 32.3 Å². The number of nitrogens with zero attached hydrogens (tertiary/aromatic N) is 1. The van der Waals surface area contributed by atoms with Gasteiger partial charge in [0.25, 0.3) is 0 Å². The number of nitrogens with one attached hydrogen (secondary N) is 1. The molecule has 0 spiro atoms. The van der Waals surface area contributed by atoms with Crippen LogP contribution >= 0.6 is 0 Å². The number of ether oxygens (including phenoxy) is 1. The Kier molecular flexibility index (Phi) is 5.46. The Morgan fingerprint density at radius 1 is 1.22 bits per heavy atom. The van der Waals surface area contributed by atoms with Gasteiger partial charge in [-0.15, -0.1) is 0 Å². The van der Waals surface area contributed by atoms with E-state index in [9.17, 15) is 0 Å². The van der Waals surface area contributed by atoms with E-state index in [0.717, 1.165) is 25.8 Å². The molecule has 2 aliphatic rings. The molecule has 0 saturated carbocycles. The van der Waals surface area contributed by atoms with Gasteiger partial charge in [0.2, 0.25) is 0 Å². The fourth-order valence-corrected chi connectivity index (χ4v) is 3.57. The molecule has 1 N–H and O–H groups in total. The minimum Gasteiger partial charge on any atom is -0.381 e. The molecular weight excluding hydrogens is 224 g/mol. The van der Waals surface area contributed by atoms with E-state index in [1.807, 2.05) is 0 Å². The lowest BCUT2D eigenvalue weighted by Gasteiger charge is -2.42. The maximum Gasteiger partial charge on any atom is 0.0472 e. The van der Waals surface area contributed by atoms with Crippen LogP contribution in [0.1, 0.15) is 45.4 Å². The van der Waals surface area contributed by atoms with E-state index in [2.05, 4.69) is 24.2 Å². The number of rotatable bonds is 4. The third kappa shape index (κ3) is 3.69. The van der Waals surface area contributed by atoms with Crippen LogP contribution in [0, 0.1) is 5.41 Å². The highest BCUT2D eigenvalue weighted by Gasteiger charge is 2.35. The van der Waals surface area contributed by atoms with Gasteiger partial charge in [0.1, 0.15) is 0 Å². The summed E-state index contributed by atoms with van der Waals surface area (Å²) in [5.74, 6) is 0. The second-order valence-corrected chi connectivity index (χ2v) is 6.31. The van der Waals surface area contributed by atoms with Crippen LogP contribution in [0.5, 0.6) is 0 Å². The summed E-state index contributed by atoms with van der Waals surface area (Å²) >= 11 is 0. The highest BCUT2D eigenvalue weighted by Crippen LogP contribution is 2.32. The van der Waals surface area contributed by atoms with Gasteiger partial charge >= 0.3 is 0 Å². The topological polar surface area (TPSA) is 24.5 Å². The molecule has 3 heteroatoms. The van der Waals surface area contributed by atoms with Gasteiger partial charge in [-0.25, -0.2) is 0 Å². The summed E-state index contributed by atoms with van der Waals surface area (Å²) in [6, 6.07) is 0.768. The summed E-state index contributed by atoms with van der Waals surface area (Å²) in [4.78, 5) is 2.75. The van der Waals surface area contributed by atoms with Crippen molar-refractivity contribution in [2.75, 3.05) is 39.9 Å². The summed E-state index contributed by atoms with van der Waals surface area (Å²) in [5, 5.41) is 3.42. The molecule has 2 fully saturated rings. The third-order valence-corrected chi connectivity index (χ3v) is 4.83. The van der Waals surface area contributed by atoms with Crippen LogP contribution < -0.4 is 5.32 Å². The molecule has 2 saturated heterocycles. The number of likely N-dealkylation sites (tertiary alicyclic amines) is 1. The van der Waals surface area contributed by atoms with Gasteiger partial charge in [-0.2, -0.15) is 0 Å². The van der Waals surface area contributed by atoms with Crippen molar-refractivity contribution in [3.63, 3.8) is 0 Å². The van der Waals surface area contributed by atoms with Crippen molar-refractivity contribution in [1.82, 2.24) is 10.2 Å². The second kappa shape index (κ2) is 6.88. The van der Waals surface area contributed by atoms with Crippen LogP contribution in [0.15, 0.2) is 0 Å². The average Bonchev–Trinajstić information content (AvgIpc) is 2.56. The zero-order valence-corrected chi connectivity index (χ0v) is 12.2. The molecule has 1 atom stereocenters. The minimum absolute atomic E-state index is 0.450. The molecule has 18 heavy (non-hydrogen) atoms. The quantitative estimate of drug-likeness (QED) is 0.833. The first kappa shape index (κ1) is 14.3. The molecule has 0 radical (unpaired) electrons. The standard InChI is InChI=1S/C15H30N2O/c1-14-6-4-3-5-9-17(14)13-15(12-16-2)7-10-18-11-8-15/h14,16H,3-13H2,1-2H3. The molecule has 0 aliphatic carbocycles. The van der Waals surface area contributed by atoms with Gasteiger partial charge in [-0.05, 0) is 51.6 Å². The largest absolute Gasteiger partial charge is 0.381 e. The predicted molar refractivity (Wildman–Crippen MR) is 75.9 cm³/mol. The van der Waals surface area contributed by atoms with Crippen LogP contribution in [-0.2, 0) is 4.74 Å². The molecule has 106 valence electrons. The fourth-order valence-electron chi connectivity index (χ4n) is 3.57. The lowest BCUT2D eigenvalue weighted by atomic mass is 9.79. The van der Waals surface area contributed by atoms with Crippen LogP contribution in [0.2, 0.25) is 0 Å². The molecule has 0 aromatic rings. The van der Waals surface area contributed by atoms with E-state index < -0.39 is 0 Å². The van der Waals surface area contributed by atoms with E-state index in [4.69, 9.17) is 4.74 Å². The Balaban J connectivity index is 1.97. The monoisotopic (exact) mass is 254 g/mol. The molecule has 0 aromatic heterocycles. The predicted octanol–water partition coefficient (Wildman–Crippen LogP) is 2.27. The lowest BCUT2D eigenvalue weighted by molar-refractivity contribution is -0.00931. The minimum atomic E-state index is 0.450. The summed E-state index contributed by atoms with van der Waals surface area (Å²) in [5.41, 5.74) is 0.450. The Morgan fingerprint density at radius 2 is 2.00 bits per heavy atom. The average molecular weight is 254 g/mol. The SMILES string of the molecule is CNCC1(CN2CCCCCC2C)CCOCC1. The highest BCUT2D eigenvalue weighted by molar-refractivity contribution is 4.88. The second-order valence-electron chi connectivity index (χ2n) is 6.31. The summed E-state index contributed by atoms with van der Waals surface area (Å²) in [7, 11) is 2.09. The van der Waals surface area contributed by atoms with Gasteiger partial charge in [0.05, 0.1) is 0 Å².